The van der Waals surface area contributed by atoms with Crippen LogP contribution in [0.3, 0.4) is 0 Å². The van der Waals surface area contributed by atoms with Crippen LogP contribution in [0.1, 0.15) is 28.1 Å². The highest BCUT2D eigenvalue weighted by atomic mass is 32.1. The minimum Gasteiger partial charge on any atom is -0.336 e. The molecule has 1 saturated heterocycles. The van der Waals surface area contributed by atoms with Gasteiger partial charge in [-0.15, -0.1) is 11.3 Å². The number of amides is 1. The van der Waals surface area contributed by atoms with Crippen molar-refractivity contribution in [1.29, 1.82) is 5.26 Å². The molecule has 0 saturated carbocycles. The lowest BCUT2D eigenvalue weighted by atomic mass is 10.00. The minimum absolute atomic E-state index is 0.0554. The van der Waals surface area contributed by atoms with Gasteiger partial charge in [-0.25, -0.2) is 9.07 Å². The second-order valence-electron chi connectivity index (χ2n) is 8.46. The van der Waals surface area contributed by atoms with E-state index in [0.29, 0.717) is 50.4 Å². The molecule has 2 aromatic heterocycles. The van der Waals surface area contributed by atoms with E-state index in [-0.39, 0.29) is 17.5 Å². The van der Waals surface area contributed by atoms with E-state index in [1.54, 1.807) is 29.2 Å². The van der Waals surface area contributed by atoms with E-state index < -0.39 is 11.8 Å². The molecule has 1 aliphatic heterocycles. The van der Waals surface area contributed by atoms with Crippen molar-refractivity contribution in [3.05, 3.63) is 64.7 Å². The van der Waals surface area contributed by atoms with Crippen molar-refractivity contribution in [2.24, 2.45) is 12.8 Å². The maximum atomic E-state index is 14.6. The molecule has 0 radical (unpaired) electrons. The minimum atomic E-state index is -0.638. The first-order chi connectivity index (χ1) is 16.4. The molecule has 1 aliphatic rings. The van der Waals surface area contributed by atoms with E-state index in [0.717, 1.165) is 12.8 Å². The molecule has 2 N–H and O–H groups in total. The first-order valence-corrected chi connectivity index (χ1v) is 11.7. The number of nitrogens with zero attached hydrogens (tertiary/aromatic N) is 4. The fourth-order valence-corrected chi connectivity index (χ4v) is 5.50. The predicted octanol–water partition coefficient (Wildman–Crippen LogP) is 4.68. The highest BCUT2D eigenvalue weighted by Crippen LogP contribution is 2.41. The van der Waals surface area contributed by atoms with Gasteiger partial charge in [0.05, 0.1) is 21.3 Å². The summed E-state index contributed by atoms with van der Waals surface area (Å²) >= 11 is 1.28. The van der Waals surface area contributed by atoms with Crippen LogP contribution in [-0.2, 0) is 7.05 Å². The van der Waals surface area contributed by atoms with Crippen LogP contribution in [0.5, 0.6) is 0 Å². The molecule has 3 heterocycles. The van der Waals surface area contributed by atoms with E-state index >= 15 is 0 Å². The molecule has 1 fully saturated rings. The number of fused-ring (bicyclic) bond motifs is 1. The van der Waals surface area contributed by atoms with Gasteiger partial charge in [-0.3, -0.25) is 4.79 Å². The highest BCUT2D eigenvalue weighted by molar-refractivity contribution is 7.18. The zero-order chi connectivity index (χ0) is 24.0. The Morgan fingerprint density at radius 1 is 1.21 bits per heavy atom. The van der Waals surface area contributed by atoms with Crippen molar-refractivity contribution >= 4 is 28.1 Å². The Morgan fingerprint density at radius 3 is 2.74 bits per heavy atom. The van der Waals surface area contributed by atoms with Gasteiger partial charge in [-0.05, 0) is 54.3 Å². The number of carbonyl (C=O) groups is 1. The van der Waals surface area contributed by atoms with Crippen LogP contribution in [0.2, 0.25) is 0 Å². The Hall–Kier alpha value is -3.61. The fraction of sp³-hybridized carbons (Fsp3) is 0.240. The van der Waals surface area contributed by atoms with Crippen molar-refractivity contribution in [3.8, 4) is 27.6 Å². The molecular weight excluding hydrogens is 456 g/mol. The number of piperidine rings is 1. The van der Waals surface area contributed by atoms with Gasteiger partial charge in [-0.1, -0.05) is 12.1 Å². The quantitative estimate of drug-likeness (QED) is 0.464. The largest absolute Gasteiger partial charge is 0.336 e. The summed E-state index contributed by atoms with van der Waals surface area (Å²) in [6.07, 6.45) is 1.72. The SMILES string of the molecule is Cn1nc2ccc(-c3sc(C(=O)N4CCCC(N)C4)cc3-c3ccc(C#N)c(F)c3)cc2c1F. The summed E-state index contributed by atoms with van der Waals surface area (Å²) < 4.78 is 30.2. The molecule has 6 nitrogen and oxygen atoms in total. The molecule has 34 heavy (non-hydrogen) atoms. The third kappa shape index (κ3) is 3.85. The van der Waals surface area contributed by atoms with Crippen molar-refractivity contribution < 1.29 is 13.6 Å². The topological polar surface area (TPSA) is 87.9 Å². The molecule has 4 aromatic rings. The first-order valence-electron chi connectivity index (χ1n) is 10.9. The molecule has 0 aliphatic carbocycles. The van der Waals surface area contributed by atoms with E-state index in [4.69, 9.17) is 11.0 Å². The Labute approximate surface area is 198 Å². The monoisotopic (exact) mass is 477 g/mol. The third-order valence-corrected chi connectivity index (χ3v) is 7.28. The molecule has 0 bridgehead atoms. The second-order valence-corrected chi connectivity index (χ2v) is 9.51. The molecule has 1 atom stereocenters. The number of carbonyl (C=O) groups excluding carboxylic acids is 1. The van der Waals surface area contributed by atoms with Crippen molar-refractivity contribution in [2.75, 3.05) is 13.1 Å². The average molecular weight is 478 g/mol. The number of hydrogen-bond donors (Lipinski definition) is 1. The molecular formula is C25H21F2N5OS. The lowest BCUT2D eigenvalue weighted by Gasteiger charge is -2.30. The van der Waals surface area contributed by atoms with E-state index in [1.807, 2.05) is 12.1 Å². The van der Waals surface area contributed by atoms with Crippen LogP contribution >= 0.6 is 11.3 Å². The second kappa shape index (κ2) is 8.63. The maximum Gasteiger partial charge on any atom is 0.264 e. The summed E-state index contributed by atoms with van der Waals surface area (Å²) in [4.78, 5) is 16.3. The lowest BCUT2D eigenvalue weighted by molar-refractivity contribution is 0.0714. The molecule has 0 spiro atoms. The number of rotatable bonds is 3. The van der Waals surface area contributed by atoms with Gasteiger partial charge in [0, 0.05) is 36.6 Å². The zero-order valence-corrected chi connectivity index (χ0v) is 19.2. The average Bonchev–Trinajstić information content (AvgIpc) is 3.40. The van der Waals surface area contributed by atoms with Gasteiger partial charge >= 0.3 is 0 Å². The molecule has 1 unspecified atom stereocenters. The maximum absolute atomic E-state index is 14.6. The summed E-state index contributed by atoms with van der Waals surface area (Å²) in [6, 6.07) is 13.1. The van der Waals surface area contributed by atoms with Crippen molar-refractivity contribution in [2.45, 2.75) is 18.9 Å². The number of thiophene rings is 1. The van der Waals surface area contributed by atoms with Crippen LogP contribution < -0.4 is 5.73 Å². The van der Waals surface area contributed by atoms with Crippen molar-refractivity contribution in [3.63, 3.8) is 0 Å². The number of likely N-dealkylation sites (tertiary alicyclic amines) is 1. The summed E-state index contributed by atoms with van der Waals surface area (Å²) in [7, 11) is 1.53. The van der Waals surface area contributed by atoms with Gasteiger partial charge in [0.1, 0.15) is 11.9 Å². The van der Waals surface area contributed by atoms with Crippen LogP contribution in [0.25, 0.3) is 32.5 Å². The molecule has 5 rings (SSSR count). The van der Waals surface area contributed by atoms with Gasteiger partial charge in [0.2, 0.25) is 5.95 Å². The lowest BCUT2D eigenvalue weighted by Crippen LogP contribution is -2.45. The number of halogens is 2. The molecule has 1 amide bonds. The highest BCUT2D eigenvalue weighted by Gasteiger charge is 2.26. The fourth-order valence-electron chi connectivity index (χ4n) is 4.36. The van der Waals surface area contributed by atoms with Crippen molar-refractivity contribution in [1.82, 2.24) is 14.7 Å². The number of nitriles is 1. The van der Waals surface area contributed by atoms with Crippen LogP contribution in [0.4, 0.5) is 8.78 Å². The number of aryl methyl sites for hydroxylation is 1. The summed E-state index contributed by atoms with van der Waals surface area (Å²) in [5.74, 6) is -1.23. The van der Waals surface area contributed by atoms with Crippen LogP contribution in [0, 0.1) is 23.1 Å². The van der Waals surface area contributed by atoms with Gasteiger partial charge < -0.3 is 10.6 Å². The Balaban J connectivity index is 1.65. The Morgan fingerprint density at radius 2 is 2.00 bits per heavy atom. The standard InChI is InChI=1S/C25H21F2N5OS/c1-31-24(27)19-9-15(6-7-21(19)30-31)23-18(14-4-5-16(12-28)20(26)10-14)11-22(34-23)25(33)32-8-2-3-17(29)13-32/h4-7,9-11,17H,2-3,8,13,29H2,1H3. The Bertz CT molecular complexity index is 1470. The Kier molecular flexibility index (Phi) is 5.63. The molecule has 9 heteroatoms. The van der Waals surface area contributed by atoms with Gasteiger partial charge in [0.15, 0.2) is 0 Å². The number of aromatic nitrogens is 2. The zero-order valence-electron chi connectivity index (χ0n) is 18.4. The van der Waals surface area contributed by atoms with Gasteiger partial charge in [-0.2, -0.15) is 14.8 Å². The van der Waals surface area contributed by atoms with Crippen LogP contribution in [-0.4, -0.2) is 39.7 Å². The van der Waals surface area contributed by atoms with Gasteiger partial charge in [0.25, 0.3) is 5.91 Å². The summed E-state index contributed by atoms with van der Waals surface area (Å²) in [5, 5.41) is 13.6. The van der Waals surface area contributed by atoms with E-state index in [2.05, 4.69) is 5.10 Å². The van der Waals surface area contributed by atoms with Crippen LogP contribution in [0.15, 0.2) is 42.5 Å². The number of hydrogen-bond acceptors (Lipinski definition) is 5. The molecule has 2 aromatic carbocycles. The van der Waals surface area contributed by atoms with E-state index in [1.165, 1.54) is 35.2 Å². The third-order valence-electron chi connectivity index (χ3n) is 6.11. The summed E-state index contributed by atoms with van der Waals surface area (Å²) in [5.41, 5.74) is 8.40. The predicted molar refractivity (Wildman–Crippen MR) is 127 cm³/mol. The number of nitrogens with two attached hydrogens (primary N) is 1. The first kappa shape index (κ1) is 22.2. The smallest absolute Gasteiger partial charge is 0.264 e. The van der Waals surface area contributed by atoms with E-state index in [9.17, 15) is 13.6 Å². The normalized spacial score (nSPS) is 16.1. The summed E-state index contributed by atoms with van der Waals surface area (Å²) in [6.45, 7) is 1.12. The number of benzene rings is 2. The molecule has 172 valence electrons.